The zero-order valence-corrected chi connectivity index (χ0v) is 17.3. The molecular weight excluding hydrogens is 451 g/mol. The lowest BCUT2D eigenvalue weighted by atomic mass is 10.1. The fourth-order valence-electron chi connectivity index (χ4n) is 3.18. The van der Waals surface area contributed by atoms with Gasteiger partial charge in [-0.05, 0) is 48.5 Å². The molecule has 2 amide bonds. The van der Waals surface area contributed by atoms with Crippen LogP contribution in [0.4, 0.5) is 24.5 Å². The number of carbonyl (C=O) groups is 2. The standard InChI is InChI=1S/C23H16F3N5O3/c24-23(25,26)15-6-4-8-17(12-15)28-21(33)14-5-3-7-16(11-14)27-20(32)13-31-22(34)18-9-1-2-10-19(18)29-30-31/h1-12H,13H2,(H,27,32)(H,28,33). The van der Waals surface area contributed by atoms with Gasteiger partial charge in [0.1, 0.15) is 12.1 Å². The predicted octanol–water partition coefficient (Wildman–Crippen LogP) is 3.70. The molecule has 4 aromatic rings. The second-order valence-corrected chi connectivity index (χ2v) is 7.23. The normalized spacial score (nSPS) is 11.3. The minimum Gasteiger partial charge on any atom is -0.324 e. The summed E-state index contributed by atoms with van der Waals surface area (Å²) in [7, 11) is 0. The van der Waals surface area contributed by atoms with Crippen LogP contribution in [0.1, 0.15) is 15.9 Å². The summed E-state index contributed by atoms with van der Waals surface area (Å²) >= 11 is 0. The number of anilines is 2. The summed E-state index contributed by atoms with van der Waals surface area (Å²) in [6, 6.07) is 16.7. The Balaban J connectivity index is 1.45. The lowest BCUT2D eigenvalue weighted by Gasteiger charge is -2.11. The Morgan fingerprint density at radius 2 is 1.59 bits per heavy atom. The van der Waals surface area contributed by atoms with Gasteiger partial charge >= 0.3 is 6.18 Å². The minimum atomic E-state index is -4.54. The average Bonchev–Trinajstić information content (AvgIpc) is 2.81. The molecule has 0 saturated carbocycles. The highest BCUT2D eigenvalue weighted by atomic mass is 19.4. The average molecular weight is 467 g/mol. The largest absolute Gasteiger partial charge is 0.416 e. The summed E-state index contributed by atoms with van der Waals surface area (Å²) < 4.78 is 39.6. The van der Waals surface area contributed by atoms with Gasteiger partial charge in [-0.1, -0.05) is 29.5 Å². The van der Waals surface area contributed by atoms with Crippen molar-refractivity contribution >= 4 is 34.1 Å². The lowest BCUT2D eigenvalue weighted by molar-refractivity contribution is -0.137. The van der Waals surface area contributed by atoms with E-state index >= 15 is 0 Å². The Labute approximate surface area is 190 Å². The highest BCUT2D eigenvalue weighted by molar-refractivity contribution is 6.05. The molecule has 0 atom stereocenters. The van der Waals surface area contributed by atoms with Crippen LogP contribution >= 0.6 is 0 Å². The van der Waals surface area contributed by atoms with Gasteiger partial charge in [0.25, 0.3) is 11.5 Å². The van der Waals surface area contributed by atoms with Gasteiger partial charge < -0.3 is 10.6 Å². The summed E-state index contributed by atoms with van der Waals surface area (Å²) in [5.41, 5.74) is -0.623. The quantitative estimate of drug-likeness (QED) is 0.466. The summed E-state index contributed by atoms with van der Waals surface area (Å²) in [6.07, 6.45) is -4.54. The van der Waals surface area contributed by atoms with Gasteiger partial charge in [0.2, 0.25) is 5.91 Å². The number of alkyl halides is 3. The van der Waals surface area contributed by atoms with Gasteiger partial charge in [-0.25, -0.2) is 4.68 Å². The smallest absolute Gasteiger partial charge is 0.324 e. The number of rotatable bonds is 5. The van der Waals surface area contributed by atoms with Crippen LogP contribution in [-0.4, -0.2) is 26.8 Å². The van der Waals surface area contributed by atoms with E-state index in [0.29, 0.717) is 10.9 Å². The summed E-state index contributed by atoms with van der Waals surface area (Å²) in [5.74, 6) is -1.24. The predicted molar refractivity (Wildman–Crippen MR) is 118 cm³/mol. The molecule has 0 aliphatic carbocycles. The molecule has 8 nitrogen and oxygen atoms in total. The zero-order valence-electron chi connectivity index (χ0n) is 17.3. The number of carbonyl (C=O) groups excluding carboxylic acids is 2. The Bertz CT molecular complexity index is 1450. The molecule has 0 spiro atoms. The van der Waals surface area contributed by atoms with Crippen LogP contribution in [0.3, 0.4) is 0 Å². The molecule has 4 rings (SSSR count). The third kappa shape index (κ3) is 5.09. The van der Waals surface area contributed by atoms with Crippen LogP contribution in [0, 0.1) is 0 Å². The van der Waals surface area contributed by atoms with E-state index in [0.717, 1.165) is 16.8 Å². The maximum absolute atomic E-state index is 12.9. The molecule has 0 unspecified atom stereocenters. The van der Waals surface area contributed by atoms with Gasteiger partial charge in [0.05, 0.1) is 10.9 Å². The fourth-order valence-corrected chi connectivity index (χ4v) is 3.18. The molecule has 0 radical (unpaired) electrons. The first-order valence-corrected chi connectivity index (χ1v) is 9.92. The van der Waals surface area contributed by atoms with Crippen molar-refractivity contribution in [1.29, 1.82) is 0 Å². The van der Waals surface area contributed by atoms with E-state index in [9.17, 15) is 27.6 Å². The lowest BCUT2D eigenvalue weighted by Crippen LogP contribution is -2.30. The van der Waals surface area contributed by atoms with Crippen molar-refractivity contribution in [3.05, 3.63) is 94.3 Å². The highest BCUT2D eigenvalue weighted by Crippen LogP contribution is 2.30. The number of hydrogen-bond donors (Lipinski definition) is 2. The maximum Gasteiger partial charge on any atom is 0.416 e. The summed E-state index contributed by atoms with van der Waals surface area (Å²) in [4.78, 5) is 37.4. The molecule has 0 fully saturated rings. The summed E-state index contributed by atoms with van der Waals surface area (Å²) in [5, 5.41) is 12.9. The number of halogens is 3. The van der Waals surface area contributed by atoms with Crippen LogP contribution in [0.5, 0.6) is 0 Å². The minimum absolute atomic E-state index is 0.0245. The van der Waals surface area contributed by atoms with Crippen molar-refractivity contribution in [2.24, 2.45) is 0 Å². The summed E-state index contributed by atoms with van der Waals surface area (Å²) in [6.45, 7) is -0.405. The van der Waals surface area contributed by atoms with Crippen LogP contribution in [0.15, 0.2) is 77.6 Å². The molecule has 2 N–H and O–H groups in total. The molecule has 1 heterocycles. The molecule has 3 aromatic carbocycles. The molecule has 0 aliphatic heterocycles. The second kappa shape index (κ2) is 9.14. The highest BCUT2D eigenvalue weighted by Gasteiger charge is 2.30. The van der Waals surface area contributed by atoms with E-state index in [-0.39, 0.29) is 16.9 Å². The molecule has 0 saturated heterocycles. The third-order valence-corrected chi connectivity index (χ3v) is 4.78. The number of aromatic nitrogens is 3. The SMILES string of the molecule is O=C(Cn1nnc2ccccc2c1=O)Nc1cccc(C(=O)Nc2cccc(C(F)(F)F)c2)c1. The van der Waals surface area contributed by atoms with E-state index in [4.69, 9.17) is 0 Å². The van der Waals surface area contributed by atoms with Gasteiger partial charge in [-0.3, -0.25) is 14.4 Å². The van der Waals surface area contributed by atoms with Crippen molar-refractivity contribution in [3.63, 3.8) is 0 Å². The van der Waals surface area contributed by atoms with Crippen molar-refractivity contribution in [3.8, 4) is 0 Å². The number of hydrogen-bond acceptors (Lipinski definition) is 5. The first kappa shape index (κ1) is 22.6. The Kier molecular flexibility index (Phi) is 6.09. The maximum atomic E-state index is 12.9. The molecule has 1 aromatic heterocycles. The second-order valence-electron chi connectivity index (χ2n) is 7.23. The molecule has 0 aliphatic rings. The Morgan fingerprint density at radius 3 is 2.35 bits per heavy atom. The van der Waals surface area contributed by atoms with Gasteiger partial charge in [0.15, 0.2) is 0 Å². The van der Waals surface area contributed by atoms with Crippen LogP contribution in [0.25, 0.3) is 10.9 Å². The van der Waals surface area contributed by atoms with Crippen molar-refractivity contribution in [2.45, 2.75) is 12.7 Å². The van der Waals surface area contributed by atoms with Gasteiger partial charge in [-0.15, -0.1) is 5.10 Å². The van der Waals surface area contributed by atoms with Gasteiger partial charge in [-0.2, -0.15) is 13.2 Å². The van der Waals surface area contributed by atoms with E-state index in [1.807, 2.05) is 0 Å². The molecule has 11 heteroatoms. The topological polar surface area (TPSA) is 106 Å². The monoisotopic (exact) mass is 467 g/mol. The Hall–Kier alpha value is -4.54. The van der Waals surface area contributed by atoms with Crippen molar-refractivity contribution in [1.82, 2.24) is 15.0 Å². The van der Waals surface area contributed by atoms with E-state index in [1.54, 1.807) is 24.3 Å². The van der Waals surface area contributed by atoms with E-state index in [2.05, 4.69) is 20.9 Å². The zero-order chi connectivity index (χ0) is 24.3. The van der Waals surface area contributed by atoms with E-state index < -0.39 is 35.7 Å². The number of nitrogens with one attached hydrogen (secondary N) is 2. The number of fused-ring (bicyclic) bond motifs is 1. The first-order chi connectivity index (χ1) is 16.2. The van der Waals surface area contributed by atoms with Gasteiger partial charge in [0, 0.05) is 16.9 Å². The van der Waals surface area contributed by atoms with Crippen LogP contribution < -0.4 is 16.2 Å². The first-order valence-electron chi connectivity index (χ1n) is 9.92. The number of benzene rings is 3. The molecule has 34 heavy (non-hydrogen) atoms. The third-order valence-electron chi connectivity index (χ3n) is 4.78. The van der Waals surface area contributed by atoms with Crippen LogP contribution in [-0.2, 0) is 17.5 Å². The van der Waals surface area contributed by atoms with Crippen LogP contribution in [0.2, 0.25) is 0 Å². The van der Waals surface area contributed by atoms with Crippen molar-refractivity contribution < 1.29 is 22.8 Å². The van der Waals surface area contributed by atoms with E-state index in [1.165, 1.54) is 36.4 Å². The number of nitrogens with zero attached hydrogens (tertiary/aromatic N) is 3. The molecule has 0 bridgehead atoms. The molecular formula is C23H16F3N5O3. The molecule has 172 valence electrons. The van der Waals surface area contributed by atoms with Crippen molar-refractivity contribution in [2.75, 3.05) is 10.6 Å². The fraction of sp³-hybridized carbons (Fsp3) is 0.0870. The Morgan fingerprint density at radius 1 is 0.882 bits per heavy atom. The number of amides is 2.